The highest BCUT2D eigenvalue weighted by Crippen LogP contribution is 2.34. The van der Waals surface area contributed by atoms with Crippen LogP contribution in [0, 0.1) is 0 Å². The number of oxime groups is 1. The number of carbonyl (C=O) groups excluding carboxylic acids is 1. The number of hydrogen-bond donors (Lipinski definition) is 3. The maximum absolute atomic E-state index is 12.6. The van der Waals surface area contributed by atoms with E-state index in [1.807, 2.05) is 26.8 Å². The van der Waals surface area contributed by atoms with Crippen LogP contribution in [-0.2, 0) is 14.7 Å². The average Bonchev–Trinajstić information content (AvgIpc) is 3.11. The first-order valence-electron chi connectivity index (χ1n) is 13.2. The lowest BCUT2D eigenvalue weighted by atomic mass is 10.1. The number of rotatable bonds is 10. The zero-order valence-electron chi connectivity index (χ0n) is 23.8. The van der Waals surface area contributed by atoms with Gasteiger partial charge in [0.2, 0.25) is 0 Å². The van der Waals surface area contributed by atoms with Gasteiger partial charge in [0.05, 0.1) is 22.6 Å². The third-order valence-corrected chi connectivity index (χ3v) is 6.97. The van der Waals surface area contributed by atoms with Crippen LogP contribution in [0.4, 0.5) is 17.3 Å². The lowest BCUT2D eigenvalue weighted by Crippen LogP contribution is -2.40. The number of halogens is 1. The Morgan fingerprint density at radius 2 is 2.00 bits per heavy atom. The molecule has 3 N–H and O–H groups in total. The Bertz CT molecular complexity index is 1620. The number of ether oxygens (including phenoxy) is 1. The minimum Gasteiger partial charge on any atom is -0.456 e. The van der Waals surface area contributed by atoms with Crippen molar-refractivity contribution in [3.05, 3.63) is 70.5 Å². The van der Waals surface area contributed by atoms with Crippen LogP contribution >= 0.6 is 11.6 Å². The van der Waals surface area contributed by atoms with Crippen molar-refractivity contribution in [3.8, 4) is 11.5 Å². The van der Waals surface area contributed by atoms with Gasteiger partial charge >= 0.3 is 0 Å². The van der Waals surface area contributed by atoms with Crippen LogP contribution in [0.15, 0.2) is 59.5 Å². The average molecular weight is 613 g/mol. The van der Waals surface area contributed by atoms with E-state index in [0.717, 1.165) is 17.4 Å². The molecule has 222 valence electrons. The van der Waals surface area contributed by atoms with Crippen molar-refractivity contribution >= 4 is 57.0 Å². The van der Waals surface area contributed by atoms with Crippen LogP contribution in [0.1, 0.15) is 43.1 Å². The maximum atomic E-state index is 12.6. The molecule has 2 aromatic carbocycles. The molecule has 0 radical (unpaired) electrons. The molecule has 0 atom stereocenters. The molecule has 0 saturated carbocycles. The number of hydrogen-bond acceptors (Lipinski definition) is 10. The van der Waals surface area contributed by atoms with Gasteiger partial charge in [-0.05, 0) is 75.2 Å². The van der Waals surface area contributed by atoms with Gasteiger partial charge in [-0.1, -0.05) is 22.8 Å². The second-order valence-electron chi connectivity index (χ2n) is 10.7. The van der Waals surface area contributed by atoms with E-state index in [1.165, 1.54) is 6.33 Å². The number of amides is 1. The fraction of sp³-hybridized carbons (Fsp3) is 0.310. The normalized spacial score (nSPS) is 13.4. The molecule has 3 aromatic rings. The van der Waals surface area contributed by atoms with E-state index < -0.39 is 9.84 Å². The molecular weight excluding hydrogens is 580 g/mol. The third-order valence-electron chi connectivity index (χ3n) is 5.77. The van der Waals surface area contributed by atoms with E-state index in [-0.39, 0.29) is 23.8 Å². The summed E-state index contributed by atoms with van der Waals surface area (Å²) in [6.45, 7) is 6.35. The molecule has 4 rings (SSSR count). The number of nitrogens with zero attached hydrogens (tertiary/aromatic N) is 3. The topological polar surface area (TPSA) is 144 Å². The van der Waals surface area contributed by atoms with Crippen molar-refractivity contribution in [3.63, 3.8) is 0 Å². The first-order chi connectivity index (χ1) is 19.9. The summed E-state index contributed by atoms with van der Waals surface area (Å²) in [7, 11) is -3.12. The van der Waals surface area contributed by atoms with Crippen molar-refractivity contribution in [1.82, 2.24) is 15.3 Å². The minimum atomic E-state index is -3.12. The monoisotopic (exact) mass is 612 g/mol. The van der Waals surface area contributed by atoms with Gasteiger partial charge in [-0.15, -0.1) is 0 Å². The first-order valence-corrected chi connectivity index (χ1v) is 15.6. The molecule has 1 aliphatic rings. The summed E-state index contributed by atoms with van der Waals surface area (Å²) < 4.78 is 28.5. The summed E-state index contributed by atoms with van der Waals surface area (Å²) in [5.41, 5.74) is 2.35. The predicted molar refractivity (Wildman–Crippen MR) is 166 cm³/mol. The van der Waals surface area contributed by atoms with E-state index in [2.05, 4.69) is 31.1 Å². The second kappa shape index (κ2) is 13.2. The Kier molecular flexibility index (Phi) is 9.69. The molecule has 1 amide bonds. The van der Waals surface area contributed by atoms with Crippen LogP contribution < -0.4 is 20.7 Å². The van der Waals surface area contributed by atoms with Gasteiger partial charge < -0.3 is 25.5 Å². The minimum absolute atomic E-state index is 0.0220. The van der Waals surface area contributed by atoms with Crippen LogP contribution in [0.25, 0.3) is 6.08 Å². The highest BCUT2D eigenvalue weighted by Gasteiger charge is 2.17. The van der Waals surface area contributed by atoms with Crippen LogP contribution in [-0.4, -0.2) is 61.2 Å². The van der Waals surface area contributed by atoms with E-state index >= 15 is 0 Å². The van der Waals surface area contributed by atoms with Gasteiger partial charge in [-0.25, -0.2) is 18.4 Å². The van der Waals surface area contributed by atoms with Gasteiger partial charge in [0.25, 0.3) is 5.91 Å². The lowest BCUT2D eigenvalue weighted by molar-refractivity contribution is 0.0919. The summed E-state index contributed by atoms with van der Waals surface area (Å²) in [6, 6.07) is 12.1. The Morgan fingerprint density at radius 1 is 1.19 bits per heavy atom. The van der Waals surface area contributed by atoms with Crippen molar-refractivity contribution in [1.29, 1.82) is 0 Å². The molecular formula is C29H33ClN6O5S. The van der Waals surface area contributed by atoms with Crippen molar-refractivity contribution in [2.45, 2.75) is 32.7 Å². The second-order valence-corrected chi connectivity index (χ2v) is 13.3. The summed E-state index contributed by atoms with van der Waals surface area (Å²) in [6.07, 6.45) is 6.69. The van der Waals surface area contributed by atoms with Crippen molar-refractivity contribution in [2.24, 2.45) is 5.16 Å². The number of fused-ring (bicyclic) bond motifs is 1. The highest BCUT2D eigenvalue weighted by atomic mass is 35.5. The smallest absolute Gasteiger partial charge is 0.251 e. The Morgan fingerprint density at radius 3 is 2.74 bits per heavy atom. The molecule has 0 saturated heterocycles. The van der Waals surface area contributed by atoms with E-state index in [0.29, 0.717) is 52.4 Å². The fourth-order valence-electron chi connectivity index (χ4n) is 3.84. The lowest BCUT2D eigenvalue weighted by Gasteiger charge is -2.20. The number of nitrogens with one attached hydrogen (secondary N) is 3. The SMILES string of the molecule is CC(C)(C)NC(=O)c1cccc(Oc2ccc(Nc3ncnc4c3C=C(C=NOCCS(C)(=O)=O)CCN4)cc2Cl)c1. The van der Waals surface area contributed by atoms with Gasteiger partial charge in [0.15, 0.2) is 9.84 Å². The standard InChI is InChI=1S/C29H33ClN6O5S/c1-29(2,3)36-28(37)20-6-5-7-22(15-20)41-25-9-8-21(16-24(25)30)35-27-23-14-19(10-11-31-26(23)32-18-33-27)17-34-40-12-13-42(4,38)39/h5-9,14-18H,10-13H2,1-4H3,(H,36,37)(H2,31,32,33,35). The van der Waals surface area contributed by atoms with Crippen LogP contribution in [0.2, 0.25) is 5.02 Å². The Labute approximate surface area is 250 Å². The van der Waals surface area contributed by atoms with Gasteiger partial charge in [-0.2, -0.15) is 0 Å². The van der Waals surface area contributed by atoms with E-state index in [9.17, 15) is 13.2 Å². The zero-order chi connectivity index (χ0) is 30.3. The maximum Gasteiger partial charge on any atom is 0.251 e. The van der Waals surface area contributed by atoms with Gasteiger partial charge in [-0.3, -0.25) is 4.79 Å². The number of benzene rings is 2. The molecule has 0 fully saturated rings. The van der Waals surface area contributed by atoms with Crippen molar-refractivity contribution < 1.29 is 22.8 Å². The quantitative estimate of drug-likeness (QED) is 0.155. The molecule has 42 heavy (non-hydrogen) atoms. The third kappa shape index (κ3) is 9.18. The molecule has 0 spiro atoms. The first kappa shape index (κ1) is 30.8. The molecule has 1 aromatic heterocycles. The van der Waals surface area contributed by atoms with E-state index in [1.54, 1.807) is 48.7 Å². The highest BCUT2D eigenvalue weighted by molar-refractivity contribution is 7.90. The number of carbonyl (C=O) groups is 1. The van der Waals surface area contributed by atoms with Gasteiger partial charge in [0, 0.05) is 29.6 Å². The summed E-state index contributed by atoms with van der Waals surface area (Å²) in [4.78, 5) is 26.4. The number of anilines is 3. The summed E-state index contributed by atoms with van der Waals surface area (Å²) in [5.74, 6) is 1.79. The van der Waals surface area contributed by atoms with Crippen molar-refractivity contribution in [2.75, 3.05) is 35.8 Å². The predicted octanol–water partition coefficient (Wildman–Crippen LogP) is 5.44. The zero-order valence-corrected chi connectivity index (χ0v) is 25.3. The number of aromatic nitrogens is 2. The fourth-order valence-corrected chi connectivity index (χ4v) is 4.44. The molecule has 0 bridgehead atoms. The summed E-state index contributed by atoms with van der Waals surface area (Å²) in [5, 5.41) is 13.8. The van der Waals surface area contributed by atoms with Crippen LogP contribution in [0.5, 0.6) is 11.5 Å². The molecule has 0 aliphatic carbocycles. The number of sulfone groups is 1. The molecule has 1 aliphatic heterocycles. The van der Waals surface area contributed by atoms with E-state index in [4.69, 9.17) is 21.2 Å². The Balaban J connectivity index is 1.48. The van der Waals surface area contributed by atoms with Crippen LogP contribution in [0.3, 0.4) is 0 Å². The summed E-state index contributed by atoms with van der Waals surface area (Å²) >= 11 is 6.57. The molecule has 11 nitrogen and oxygen atoms in total. The molecule has 13 heteroatoms. The largest absolute Gasteiger partial charge is 0.456 e. The Hall–Kier alpha value is -4.16. The van der Waals surface area contributed by atoms with Gasteiger partial charge in [0.1, 0.15) is 36.1 Å². The molecule has 0 unspecified atom stereocenters. The molecule has 2 heterocycles.